The Morgan fingerprint density at radius 1 is 1.24 bits per heavy atom. The normalized spacial score (nSPS) is 13.3. The van der Waals surface area contributed by atoms with Crippen LogP contribution in [0.2, 0.25) is 0 Å². The average molecular weight is 350 g/mol. The minimum absolute atomic E-state index is 0.125. The molecule has 2 unspecified atom stereocenters. The molecule has 7 heteroatoms. The van der Waals surface area contributed by atoms with Crippen LogP contribution in [0.15, 0.2) is 35.1 Å². The van der Waals surface area contributed by atoms with E-state index in [1.54, 1.807) is 6.92 Å². The third kappa shape index (κ3) is 4.30. The molecule has 0 bridgehead atoms. The number of aromatic amines is 1. The molecule has 1 amide bonds. The van der Waals surface area contributed by atoms with E-state index in [1.165, 1.54) is 12.1 Å². The molecule has 1 aromatic heterocycles. The van der Waals surface area contributed by atoms with E-state index in [1.807, 2.05) is 6.92 Å². The monoisotopic (exact) mass is 350 g/mol. The molecule has 3 N–H and O–H groups in total. The van der Waals surface area contributed by atoms with Crippen LogP contribution in [0.5, 0.6) is 0 Å². The summed E-state index contributed by atoms with van der Waals surface area (Å²) in [4.78, 5) is 26.6. The maximum absolute atomic E-state index is 13.9. The number of aliphatic hydroxyl groups is 1. The summed E-state index contributed by atoms with van der Waals surface area (Å²) in [5, 5.41) is 12.9. The van der Waals surface area contributed by atoms with Gasteiger partial charge in [-0.3, -0.25) is 9.59 Å². The second kappa shape index (κ2) is 8.02. The smallest absolute Gasteiger partial charge is 0.251 e. The van der Waals surface area contributed by atoms with Gasteiger partial charge >= 0.3 is 0 Å². The van der Waals surface area contributed by atoms with Gasteiger partial charge in [0.05, 0.1) is 11.6 Å². The first-order chi connectivity index (χ1) is 11.9. The summed E-state index contributed by atoms with van der Waals surface area (Å²) >= 11 is 0. The molecule has 2 atom stereocenters. The summed E-state index contributed by atoms with van der Waals surface area (Å²) in [5.74, 6) is -2.36. The second-order valence-corrected chi connectivity index (χ2v) is 5.68. The summed E-state index contributed by atoms with van der Waals surface area (Å²) in [7, 11) is 0. The lowest BCUT2D eigenvalue weighted by atomic mass is 9.98. The third-order valence-electron chi connectivity index (χ3n) is 3.98. The quantitative estimate of drug-likeness (QED) is 0.748. The predicted molar refractivity (Wildman–Crippen MR) is 89.3 cm³/mol. The fourth-order valence-electron chi connectivity index (χ4n) is 2.57. The van der Waals surface area contributed by atoms with E-state index in [2.05, 4.69) is 10.3 Å². The van der Waals surface area contributed by atoms with Gasteiger partial charge in [-0.2, -0.15) is 0 Å². The summed E-state index contributed by atoms with van der Waals surface area (Å²) in [6.45, 7) is 3.49. The van der Waals surface area contributed by atoms with E-state index in [0.29, 0.717) is 12.1 Å². The van der Waals surface area contributed by atoms with Crippen molar-refractivity contribution >= 4 is 5.91 Å². The van der Waals surface area contributed by atoms with E-state index in [9.17, 15) is 23.5 Å². The topological polar surface area (TPSA) is 82.2 Å². The number of carbonyl (C=O) groups is 1. The molecular weight excluding hydrogens is 330 g/mol. The molecule has 0 aliphatic rings. The Balaban J connectivity index is 2.26. The van der Waals surface area contributed by atoms with E-state index in [-0.39, 0.29) is 12.0 Å². The van der Waals surface area contributed by atoms with Crippen LogP contribution in [0.3, 0.4) is 0 Å². The molecule has 0 spiro atoms. The number of nitrogens with one attached hydrogen (secondary N) is 2. The van der Waals surface area contributed by atoms with Crippen LogP contribution >= 0.6 is 0 Å². The van der Waals surface area contributed by atoms with Crippen molar-refractivity contribution in [2.24, 2.45) is 0 Å². The molecule has 5 nitrogen and oxygen atoms in total. The van der Waals surface area contributed by atoms with Crippen molar-refractivity contribution in [3.8, 4) is 0 Å². The highest BCUT2D eigenvalue weighted by molar-refractivity contribution is 5.94. The number of H-pyrrole nitrogens is 1. The molecule has 0 aliphatic heterocycles. The van der Waals surface area contributed by atoms with E-state index >= 15 is 0 Å². The van der Waals surface area contributed by atoms with Crippen LogP contribution in [0.1, 0.15) is 48.0 Å². The number of hydrogen-bond acceptors (Lipinski definition) is 3. The molecule has 2 rings (SSSR count). The van der Waals surface area contributed by atoms with Gasteiger partial charge in [-0.15, -0.1) is 0 Å². The molecule has 0 fully saturated rings. The van der Waals surface area contributed by atoms with Crippen molar-refractivity contribution in [1.82, 2.24) is 10.3 Å². The van der Waals surface area contributed by atoms with Crippen LogP contribution in [0.4, 0.5) is 8.78 Å². The Hall–Kier alpha value is -2.54. The van der Waals surface area contributed by atoms with Crippen molar-refractivity contribution in [2.45, 2.75) is 38.8 Å². The Morgan fingerprint density at radius 2 is 1.88 bits per heavy atom. The number of halogens is 2. The maximum atomic E-state index is 13.9. The number of benzene rings is 1. The molecule has 1 aromatic carbocycles. The molecule has 0 aliphatic carbocycles. The zero-order valence-electron chi connectivity index (χ0n) is 14.0. The van der Waals surface area contributed by atoms with Gasteiger partial charge in [-0.1, -0.05) is 19.9 Å². The Kier molecular flexibility index (Phi) is 6.03. The minimum atomic E-state index is -1.55. The Morgan fingerprint density at radius 3 is 2.44 bits per heavy atom. The van der Waals surface area contributed by atoms with Crippen LogP contribution in [-0.2, 0) is 6.42 Å². The number of aliphatic hydroxyl groups excluding tert-OH is 1. The Labute approximate surface area is 143 Å². The van der Waals surface area contributed by atoms with Crippen LogP contribution in [-0.4, -0.2) is 22.0 Å². The van der Waals surface area contributed by atoms with E-state index in [4.69, 9.17) is 0 Å². The van der Waals surface area contributed by atoms with Crippen molar-refractivity contribution in [1.29, 1.82) is 0 Å². The first-order valence-corrected chi connectivity index (χ1v) is 8.03. The average Bonchev–Trinajstić information content (AvgIpc) is 2.58. The van der Waals surface area contributed by atoms with Gasteiger partial charge < -0.3 is 15.4 Å². The first-order valence-electron chi connectivity index (χ1n) is 8.03. The van der Waals surface area contributed by atoms with Crippen molar-refractivity contribution in [3.63, 3.8) is 0 Å². The molecule has 0 saturated heterocycles. The number of amides is 1. The van der Waals surface area contributed by atoms with Gasteiger partial charge in [0.15, 0.2) is 0 Å². The SMILES string of the molecule is CCc1cc(C(=O)NC(CC)C(O)c2c(F)cccc2F)cc(=O)[nH]1. The highest BCUT2D eigenvalue weighted by atomic mass is 19.1. The third-order valence-corrected chi connectivity index (χ3v) is 3.98. The van der Waals surface area contributed by atoms with Gasteiger partial charge in [-0.25, -0.2) is 8.78 Å². The molecule has 0 saturated carbocycles. The van der Waals surface area contributed by atoms with Crippen molar-refractivity contribution in [3.05, 3.63) is 69.1 Å². The van der Waals surface area contributed by atoms with Crippen LogP contribution < -0.4 is 10.9 Å². The van der Waals surface area contributed by atoms with Gasteiger partial charge in [0.1, 0.15) is 17.7 Å². The molecule has 25 heavy (non-hydrogen) atoms. The molecule has 0 radical (unpaired) electrons. The maximum Gasteiger partial charge on any atom is 0.251 e. The summed E-state index contributed by atoms with van der Waals surface area (Å²) in [6.07, 6.45) is -0.774. The van der Waals surface area contributed by atoms with Crippen molar-refractivity contribution < 1.29 is 18.7 Å². The molecule has 2 aromatic rings. The largest absolute Gasteiger partial charge is 0.386 e. The predicted octanol–water partition coefficient (Wildman–Crippen LogP) is 2.46. The lowest BCUT2D eigenvalue weighted by Gasteiger charge is -2.24. The minimum Gasteiger partial charge on any atom is -0.386 e. The van der Waals surface area contributed by atoms with Gasteiger partial charge in [-0.05, 0) is 31.0 Å². The fourth-order valence-corrected chi connectivity index (χ4v) is 2.57. The highest BCUT2D eigenvalue weighted by Crippen LogP contribution is 2.25. The number of aryl methyl sites for hydroxylation is 1. The van der Waals surface area contributed by atoms with Crippen molar-refractivity contribution in [2.75, 3.05) is 0 Å². The molecule has 134 valence electrons. The number of carbonyl (C=O) groups excluding carboxylic acids is 1. The number of hydrogen-bond donors (Lipinski definition) is 3. The zero-order chi connectivity index (χ0) is 18.6. The first kappa shape index (κ1) is 18.8. The van der Waals surface area contributed by atoms with E-state index in [0.717, 1.165) is 18.2 Å². The number of rotatable bonds is 6. The summed E-state index contributed by atoms with van der Waals surface area (Å²) < 4.78 is 27.7. The number of aromatic nitrogens is 1. The Bertz CT molecular complexity index is 800. The number of pyridine rings is 1. The lowest BCUT2D eigenvalue weighted by molar-refractivity contribution is 0.0810. The highest BCUT2D eigenvalue weighted by Gasteiger charge is 2.27. The molecular formula is C18H20F2N2O3. The fraction of sp³-hybridized carbons (Fsp3) is 0.333. The summed E-state index contributed by atoms with van der Waals surface area (Å²) in [6, 6.07) is 5.03. The van der Waals surface area contributed by atoms with Crippen LogP contribution in [0.25, 0.3) is 0 Å². The second-order valence-electron chi connectivity index (χ2n) is 5.68. The lowest BCUT2D eigenvalue weighted by Crippen LogP contribution is -2.39. The van der Waals surface area contributed by atoms with Gasteiger partial charge in [0, 0.05) is 17.3 Å². The van der Waals surface area contributed by atoms with Gasteiger partial charge in [0.25, 0.3) is 5.91 Å². The molecule has 1 heterocycles. The van der Waals surface area contributed by atoms with Gasteiger partial charge in [0.2, 0.25) is 5.56 Å². The standard InChI is InChI=1S/C18H20F2N2O3/c1-3-11-8-10(9-15(23)21-11)18(25)22-14(4-2)17(24)16-12(19)6-5-7-13(16)20/h5-9,14,17,24H,3-4H2,1-2H3,(H,21,23)(H,22,25). The van der Waals surface area contributed by atoms with E-state index < -0.39 is 40.8 Å². The summed E-state index contributed by atoms with van der Waals surface area (Å²) in [5.41, 5.74) is -0.195. The van der Waals surface area contributed by atoms with Crippen LogP contribution in [0, 0.1) is 11.6 Å². The zero-order valence-corrected chi connectivity index (χ0v) is 14.0.